The van der Waals surface area contributed by atoms with Crippen LogP contribution in [-0.2, 0) is 21.4 Å². The van der Waals surface area contributed by atoms with E-state index in [1.165, 1.54) is 29.2 Å². The Kier molecular flexibility index (Phi) is 6.76. The molecule has 0 saturated carbocycles. The number of hydrogen-bond donors (Lipinski definition) is 2. The number of amides is 1. The molecule has 1 amide bonds. The van der Waals surface area contributed by atoms with Gasteiger partial charge in [-0.05, 0) is 71.0 Å². The Bertz CT molecular complexity index is 1580. The number of aromatic nitrogens is 1. The first-order valence-corrected chi connectivity index (χ1v) is 12.9. The van der Waals surface area contributed by atoms with E-state index < -0.39 is 23.5 Å². The molecule has 1 atom stereocenters. The van der Waals surface area contributed by atoms with Gasteiger partial charge in [0.05, 0.1) is 18.7 Å². The summed E-state index contributed by atoms with van der Waals surface area (Å²) in [4.78, 5) is 31.5. The number of carbonyl (C=O) groups excluding carboxylic acids is 2. The number of methoxy groups -OCH3 is 1. The number of Topliss-reactive ketones (excluding diaryl/α,β-unsaturated/α-hetero) is 1. The van der Waals surface area contributed by atoms with Crippen LogP contribution in [0.1, 0.15) is 49.1 Å². The number of nitrogens with zero attached hydrogens (tertiary/aromatic N) is 1. The fraction of sp³-hybridized carbons (Fsp3) is 0.250. The van der Waals surface area contributed by atoms with Crippen molar-refractivity contribution < 1.29 is 23.8 Å². The fourth-order valence-corrected chi connectivity index (χ4v) is 5.12. The van der Waals surface area contributed by atoms with Crippen molar-refractivity contribution in [2.24, 2.45) is 0 Å². The number of nitrogens with one attached hydrogen (secondary N) is 1. The number of H-pyrrole nitrogens is 1. The summed E-state index contributed by atoms with van der Waals surface area (Å²) in [6.07, 6.45) is 2.37. The summed E-state index contributed by atoms with van der Waals surface area (Å²) in [5, 5.41) is 12.2. The van der Waals surface area contributed by atoms with E-state index in [4.69, 9.17) is 4.74 Å². The quantitative estimate of drug-likeness (QED) is 0.176. The molecule has 2 heterocycles. The number of aromatic amines is 1. The normalized spacial score (nSPS) is 17.3. The number of halogens is 1. The third kappa shape index (κ3) is 4.92. The van der Waals surface area contributed by atoms with Crippen molar-refractivity contribution in [3.05, 3.63) is 107 Å². The minimum absolute atomic E-state index is 0.00397. The predicted octanol–water partition coefficient (Wildman–Crippen LogP) is 6.28. The smallest absolute Gasteiger partial charge is 0.295 e. The minimum atomic E-state index is -0.788. The average molecular weight is 527 g/mol. The largest absolute Gasteiger partial charge is 0.507 e. The molecule has 0 unspecified atom stereocenters. The van der Waals surface area contributed by atoms with E-state index in [0.717, 1.165) is 27.8 Å². The molecule has 4 aromatic rings. The molecule has 1 aliphatic heterocycles. The van der Waals surface area contributed by atoms with Gasteiger partial charge in [0.25, 0.3) is 11.7 Å². The predicted molar refractivity (Wildman–Crippen MR) is 149 cm³/mol. The van der Waals surface area contributed by atoms with Gasteiger partial charge in [0.2, 0.25) is 0 Å². The van der Waals surface area contributed by atoms with Crippen LogP contribution in [0.25, 0.3) is 16.7 Å². The number of benzene rings is 3. The van der Waals surface area contributed by atoms with Crippen molar-refractivity contribution >= 4 is 28.4 Å². The number of hydrogen-bond acceptors (Lipinski definition) is 4. The van der Waals surface area contributed by atoms with Gasteiger partial charge in [-0.25, -0.2) is 4.39 Å². The van der Waals surface area contributed by atoms with Crippen molar-refractivity contribution in [1.82, 2.24) is 9.88 Å². The molecule has 200 valence electrons. The van der Waals surface area contributed by atoms with Crippen LogP contribution in [0.15, 0.2) is 78.5 Å². The molecular weight excluding hydrogens is 495 g/mol. The van der Waals surface area contributed by atoms with Gasteiger partial charge in [0.15, 0.2) is 0 Å². The summed E-state index contributed by atoms with van der Waals surface area (Å²) in [6, 6.07) is 18.0. The van der Waals surface area contributed by atoms with Gasteiger partial charge in [-0.1, -0.05) is 45.0 Å². The molecule has 0 bridgehead atoms. The summed E-state index contributed by atoms with van der Waals surface area (Å²) in [5.41, 5.74) is 3.93. The van der Waals surface area contributed by atoms with E-state index in [2.05, 4.69) is 25.8 Å². The molecule has 39 heavy (non-hydrogen) atoms. The highest BCUT2D eigenvalue weighted by molar-refractivity contribution is 6.46. The molecule has 1 aromatic heterocycles. The lowest BCUT2D eigenvalue weighted by molar-refractivity contribution is -0.139. The van der Waals surface area contributed by atoms with Gasteiger partial charge in [-0.2, -0.15) is 0 Å². The van der Waals surface area contributed by atoms with Crippen molar-refractivity contribution in [1.29, 1.82) is 0 Å². The van der Waals surface area contributed by atoms with E-state index in [1.54, 1.807) is 7.11 Å². The third-order valence-electron chi connectivity index (χ3n) is 7.35. The van der Waals surface area contributed by atoms with Crippen LogP contribution in [0, 0.1) is 5.82 Å². The summed E-state index contributed by atoms with van der Waals surface area (Å²) < 4.78 is 18.9. The first-order chi connectivity index (χ1) is 18.6. The number of fused-ring (bicyclic) bond motifs is 1. The average Bonchev–Trinajstić information content (AvgIpc) is 3.44. The summed E-state index contributed by atoms with van der Waals surface area (Å²) >= 11 is 0. The minimum Gasteiger partial charge on any atom is -0.507 e. The number of aliphatic hydroxyl groups excluding tert-OH is 1. The number of likely N-dealkylation sites (tertiary alicyclic amines) is 1. The number of aliphatic hydroxyl groups is 1. The Balaban J connectivity index is 1.56. The summed E-state index contributed by atoms with van der Waals surface area (Å²) in [6.45, 7) is 6.58. The van der Waals surface area contributed by atoms with Crippen LogP contribution >= 0.6 is 0 Å². The van der Waals surface area contributed by atoms with E-state index in [-0.39, 0.29) is 28.9 Å². The molecular formula is C32H31FN2O4. The molecule has 6 nitrogen and oxygen atoms in total. The van der Waals surface area contributed by atoms with Gasteiger partial charge in [-0.3, -0.25) is 9.59 Å². The molecule has 0 radical (unpaired) electrons. The second-order valence-corrected chi connectivity index (χ2v) is 10.8. The van der Waals surface area contributed by atoms with Crippen molar-refractivity contribution in [2.75, 3.05) is 13.7 Å². The Hall–Kier alpha value is -4.39. The van der Waals surface area contributed by atoms with Crippen LogP contribution in [-0.4, -0.2) is 40.3 Å². The van der Waals surface area contributed by atoms with Crippen LogP contribution in [0.4, 0.5) is 4.39 Å². The van der Waals surface area contributed by atoms with Gasteiger partial charge >= 0.3 is 0 Å². The Morgan fingerprint density at radius 1 is 1.03 bits per heavy atom. The molecule has 1 aliphatic rings. The number of rotatable bonds is 6. The van der Waals surface area contributed by atoms with Gasteiger partial charge in [-0.15, -0.1) is 0 Å². The van der Waals surface area contributed by atoms with Crippen LogP contribution < -0.4 is 4.74 Å². The first-order valence-electron chi connectivity index (χ1n) is 12.9. The first kappa shape index (κ1) is 26.2. The second kappa shape index (κ2) is 10.1. The van der Waals surface area contributed by atoms with Gasteiger partial charge in [0.1, 0.15) is 17.3 Å². The van der Waals surface area contributed by atoms with Crippen LogP contribution in [0.2, 0.25) is 0 Å². The van der Waals surface area contributed by atoms with Gasteiger partial charge < -0.3 is 19.7 Å². The SMILES string of the molecule is COc1ccc2[nH]cc(CCN3C(=O)C(=O)C(=C(O)c4ccc(F)cc4)[C@H]3c3ccc(C(C)(C)C)cc3)c2c1. The van der Waals surface area contributed by atoms with E-state index >= 15 is 0 Å². The maximum absolute atomic E-state index is 13.6. The lowest BCUT2D eigenvalue weighted by atomic mass is 9.85. The Morgan fingerprint density at radius 3 is 2.36 bits per heavy atom. The van der Waals surface area contributed by atoms with Crippen molar-refractivity contribution in [3.8, 4) is 5.75 Å². The molecule has 2 N–H and O–H groups in total. The summed E-state index contributed by atoms with van der Waals surface area (Å²) in [5.74, 6) is -1.50. The number of ether oxygens (including phenoxy) is 1. The standard InChI is InChI=1S/C32H31FN2O4/c1-32(2,3)22-9-5-19(6-10-22)28-27(29(36)20-7-11-23(33)12-8-20)30(37)31(38)35(28)16-15-21-18-34-26-14-13-24(39-4)17-25(21)26/h5-14,17-18,28,34,36H,15-16H2,1-4H3/t28-/m1/s1. The second-order valence-electron chi connectivity index (χ2n) is 10.8. The van der Waals surface area contributed by atoms with Crippen molar-refractivity contribution in [3.63, 3.8) is 0 Å². The zero-order valence-electron chi connectivity index (χ0n) is 22.4. The maximum Gasteiger partial charge on any atom is 0.295 e. The van der Waals surface area contributed by atoms with E-state index in [1.807, 2.05) is 48.7 Å². The molecule has 5 rings (SSSR count). The van der Waals surface area contributed by atoms with Crippen LogP contribution in [0.3, 0.4) is 0 Å². The maximum atomic E-state index is 13.6. The van der Waals surface area contributed by atoms with Crippen molar-refractivity contribution in [2.45, 2.75) is 38.6 Å². The van der Waals surface area contributed by atoms with E-state index in [0.29, 0.717) is 12.0 Å². The molecule has 7 heteroatoms. The topological polar surface area (TPSA) is 82.6 Å². The number of carbonyl (C=O) groups is 2. The van der Waals surface area contributed by atoms with Gasteiger partial charge in [0, 0.05) is 29.2 Å². The molecule has 1 saturated heterocycles. The lowest BCUT2D eigenvalue weighted by Gasteiger charge is -2.26. The Labute approximate surface area is 226 Å². The fourth-order valence-electron chi connectivity index (χ4n) is 5.12. The highest BCUT2D eigenvalue weighted by Crippen LogP contribution is 2.40. The molecule has 0 aliphatic carbocycles. The zero-order chi connectivity index (χ0) is 27.9. The highest BCUT2D eigenvalue weighted by Gasteiger charge is 2.46. The molecule has 0 spiro atoms. The van der Waals surface area contributed by atoms with Crippen LogP contribution in [0.5, 0.6) is 5.75 Å². The Morgan fingerprint density at radius 2 is 1.72 bits per heavy atom. The molecule has 3 aromatic carbocycles. The highest BCUT2D eigenvalue weighted by atomic mass is 19.1. The monoisotopic (exact) mass is 526 g/mol. The number of ketones is 1. The third-order valence-corrected chi connectivity index (χ3v) is 7.35. The lowest BCUT2D eigenvalue weighted by Crippen LogP contribution is -2.31. The van der Waals surface area contributed by atoms with E-state index in [9.17, 15) is 19.1 Å². The molecule has 1 fully saturated rings. The summed E-state index contributed by atoms with van der Waals surface area (Å²) in [7, 11) is 1.61. The zero-order valence-corrected chi connectivity index (χ0v) is 22.4.